The number of benzene rings is 2. The highest BCUT2D eigenvalue weighted by molar-refractivity contribution is 9.10. The van der Waals surface area contributed by atoms with Crippen LogP contribution < -0.4 is 5.32 Å². The highest BCUT2D eigenvalue weighted by Crippen LogP contribution is 2.32. The number of hydrogen-bond acceptors (Lipinski definition) is 3. The van der Waals surface area contributed by atoms with Crippen LogP contribution in [0.2, 0.25) is 5.02 Å². The maximum atomic E-state index is 13.6. The molecular weight excluding hydrogens is 351 g/mol. The fraction of sp³-hybridized carbons (Fsp3) is 0.0769. The van der Waals surface area contributed by atoms with Crippen molar-refractivity contribution in [3.8, 4) is 0 Å². The zero-order chi connectivity index (χ0) is 14.7. The summed E-state index contributed by atoms with van der Waals surface area (Å²) in [6.07, 6.45) is 0. The molecule has 2 aromatic carbocycles. The first-order valence-electron chi connectivity index (χ1n) is 5.59. The molecule has 2 aromatic rings. The molecule has 0 bridgehead atoms. The molecule has 0 radical (unpaired) electrons. The Hall–Kier alpha value is -1.66. The summed E-state index contributed by atoms with van der Waals surface area (Å²) in [7, 11) is 0. The van der Waals surface area contributed by atoms with Crippen molar-refractivity contribution in [3.05, 3.63) is 67.4 Å². The van der Waals surface area contributed by atoms with Crippen LogP contribution >= 0.6 is 27.5 Å². The zero-order valence-corrected chi connectivity index (χ0v) is 12.4. The van der Waals surface area contributed by atoms with Gasteiger partial charge in [0.1, 0.15) is 11.5 Å². The summed E-state index contributed by atoms with van der Waals surface area (Å²) < 4.78 is 14.3. The van der Waals surface area contributed by atoms with Crippen molar-refractivity contribution >= 4 is 38.9 Å². The Morgan fingerprint density at radius 3 is 2.80 bits per heavy atom. The monoisotopic (exact) mass is 358 g/mol. The van der Waals surface area contributed by atoms with E-state index in [1.807, 2.05) is 0 Å². The molecule has 0 amide bonds. The van der Waals surface area contributed by atoms with Gasteiger partial charge in [-0.3, -0.25) is 10.1 Å². The first-order chi connectivity index (χ1) is 9.49. The van der Waals surface area contributed by atoms with Gasteiger partial charge in [-0.2, -0.15) is 0 Å². The van der Waals surface area contributed by atoms with Crippen LogP contribution in [0, 0.1) is 15.9 Å². The minimum absolute atomic E-state index is 0.0931. The third kappa shape index (κ3) is 3.26. The summed E-state index contributed by atoms with van der Waals surface area (Å²) >= 11 is 9.19. The molecule has 104 valence electrons. The number of anilines is 1. The molecule has 2 rings (SSSR count). The van der Waals surface area contributed by atoms with Crippen LogP contribution in [0.3, 0.4) is 0 Å². The number of nitro groups is 1. The van der Waals surface area contributed by atoms with Crippen LogP contribution in [0.25, 0.3) is 0 Å². The van der Waals surface area contributed by atoms with E-state index in [0.29, 0.717) is 5.56 Å². The van der Waals surface area contributed by atoms with Crippen molar-refractivity contribution in [1.82, 2.24) is 0 Å². The number of nitrogens with zero attached hydrogens (tertiary/aromatic N) is 1. The SMILES string of the molecule is O=[N+]([O-])c1cccc(Cl)c1NCc1cc(Br)ccc1F. The Bertz CT molecular complexity index is 667. The van der Waals surface area contributed by atoms with Crippen LogP contribution in [-0.4, -0.2) is 4.92 Å². The molecule has 1 N–H and O–H groups in total. The lowest BCUT2D eigenvalue weighted by molar-refractivity contribution is -0.383. The highest BCUT2D eigenvalue weighted by atomic mass is 79.9. The number of halogens is 3. The van der Waals surface area contributed by atoms with Crippen LogP contribution in [0.4, 0.5) is 15.8 Å². The van der Waals surface area contributed by atoms with E-state index in [-0.39, 0.29) is 22.9 Å². The van der Waals surface area contributed by atoms with Crippen molar-refractivity contribution in [1.29, 1.82) is 0 Å². The molecule has 0 aliphatic rings. The summed E-state index contributed by atoms with van der Waals surface area (Å²) in [6.45, 7) is 0.0931. The molecule has 0 spiro atoms. The summed E-state index contributed by atoms with van der Waals surface area (Å²) in [5.74, 6) is -0.393. The van der Waals surface area contributed by atoms with Gasteiger partial charge in [0.05, 0.1) is 9.95 Å². The van der Waals surface area contributed by atoms with Crippen molar-refractivity contribution in [2.24, 2.45) is 0 Å². The van der Waals surface area contributed by atoms with E-state index in [9.17, 15) is 14.5 Å². The summed E-state index contributed by atoms with van der Waals surface area (Å²) in [5, 5.41) is 14.0. The van der Waals surface area contributed by atoms with Gasteiger partial charge in [0.15, 0.2) is 0 Å². The van der Waals surface area contributed by atoms with Crippen LogP contribution in [0.15, 0.2) is 40.9 Å². The lowest BCUT2D eigenvalue weighted by atomic mass is 10.2. The van der Waals surface area contributed by atoms with Gasteiger partial charge in [-0.1, -0.05) is 33.6 Å². The number of nitro benzene ring substituents is 1. The minimum Gasteiger partial charge on any atom is -0.374 e. The summed E-state index contributed by atoms with van der Waals surface area (Å²) in [4.78, 5) is 10.4. The third-order valence-corrected chi connectivity index (χ3v) is 3.46. The number of rotatable bonds is 4. The molecule has 0 atom stereocenters. The summed E-state index contributed by atoms with van der Waals surface area (Å²) in [6, 6.07) is 8.87. The molecule has 20 heavy (non-hydrogen) atoms. The molecule has 0 fully saturated rings. The molecule has 0 unspecified atom stereocenters. The molecule has 4 nitrogen and oxygen atoms in total. The van der Waals surface area contributed by atoms with E-state index < -0.39 is 10.7 Å². The largest absolute Gasteiger partial charge is 0.374 e. The van der Waals surface area contributed by atoms with E-state index in [0.717, 1.165) is 4.47 Å². The summed E-state index contributed by atoms with van der Waals surface area (Å²) in [5.41, 5.74) is 0.417. The Labute approximate surface area is 127 Å². The lowest BCUT2D eigenvalue weighted by Crippen LogP contribution is -2.05. The lowest BCUT2D eigenvalue weighted by Gasteiger charge is -2.10. The van der Waals surface area contributed by atoms with Gasteiger partial charge in [0, 0.05) is 22.6 Å². The van der Waals surface area contributed by atoms with Crippen LogP contribution in [0.5, 0.6) is 0 Å². The van der Waals surface area contributed by atoms with Crippen molar-refractivity contribution in [3.63, 3.8) is 0 Å². The normalized spacial score (nSPS) is 10.3. The molecule has 0 heterocycles. The van der Waals surface area contributed by atoms with Crippen molar-refractivity contribution in [2.45, 2.75) is 6.54 Å². The number of nitrogens with one attached hydrogen (secondary N) is 1. The average Bonchev–Trinajstić information content (AvgIpc) is 2.40. The molecule has 0 aromatic heterocycles. The molecule has 0 saturated heterocycles. The fourth-order valence-electron chi connectivity index (χ4n) is 1.70. The Kier molecular flexibility index (Phi) is 4.57. The van der Waals surface area contributed by atoms with Crippen molar-refractivity contribution < 1.29 is 9.31 Å². The van der Waals surface area contributed by atoms with Gasteiger partial charge in [0.25, 0.3) is 5.69 Å². The smallest absolute Gasteiger partial charge is 0.293 e. The van der Waals surface area contributed by atoms with E-state index in [1.54, 1.807) is 12.1 Å². The van der Waals surface area contributed by atoms with Gasteiger partial charge in [-0.15, -0.1) is 0 Å². The Balaban J connectivity index is 2.27. The van der Waals surface area contributed by atoms with Crippen molar-refractivity contribution in [2.75, 3.05) is 5.32 Å². The fourth-order valence-corrected chi connectivity index (χ4v) is 2.35. The second-order valence-corrected chi connectivity index (χ2v) is 5.30. The van der Waals surface area contributed by atoms with Gasteiger partial charge in [-0.25, -0.2) is 4.39 Å². The standard InChI is InChI=1S/C13H9BrClFN2O2/c14-9-4-5-11(16)8(6-9)7-17-13-10(15)2-1-3-12(13)18(19)20/h1-6,17H,7H2. The molecule has 7 heteroatoms. The average molecular weight is 360 g/mol. The predicted octanol–water partition coefficient (Wildman–Crippen LogP) is 4.76. The van der Waals surface area contributed by atoms with E-state index in [4.69, 9.17) is 11.6 Å². The van der Waals surface area contributed by atoms with Gasteiger partial charge >= 0.3 is 0 Å². The molecule has 0 aliphatic heterocycles. The second-order valence-electron chi connectivity index (χ2n) is 3.98. The van der Waals surface area contributed by atoms with E-state index in [1.165, 1.54) is 24.3 Å². The Morgan fingerprint density at radius 2 is 2.10 bits per heavy atom. The highest BCUT2D eigenvalue weighted by Gasteiger charge is 2.16. The minimum atomic E-state index is -0.536. The molecule has 0 saturated carbocycles. The third-order valence-electron chi connectivity index (χ3n) is 2.65. The van der Waals surface area contributed by atoms with E-state index in [2.05, 4.69) is 21.2 Å². The van der Waals surface area contributed by atoms with Crippen LogP contribution in [-0.2, 0) is 6.54 Å². The van der Waals surface area contributed by atoms with Crippen LogP contribution in [0.1, 0.15) is 5.56 Å². The Morgan fingerprint density at radius 1 is 1.35 bits per heavy atom. The predicted molar refractivity (Wildman–Crippen MR) is 79.5 cm³/mol. The van der Waals surface area contributed by atoms with Gasteiger partial charge in [-0.05, 0) is 24.3 Å². The molecular formula is C13H9BrClFN2O2. The van der Waals surface area contributed by atoms with E-state index >= 15 is 0 Å². The second kappa shape index (κ2) is 6.19. The van der Waals surface area contributed by atoms with Gasteiger partial charge in [0.2, 0.25) is 0 Å². The molecule has 0 aliphatic carbocycles. The zero-order valence-electron chi connectivity index (χ0n) is 10.1. The quantitative estimate of drug-likeness (QED) is 0.632. The first-order valence-corrected chi connectivity index (χ1v) is 6.77. The topological polar surface area (TPSA) is 55.2 Å². The number of para-hydroxylation sites is 1. The maximum absolute atomic E-state index is 13.6. The number of hydrogen-bond donors (Lipinski definition) is 1. The van der Waals surface area contributed by atoms with Gasteiger partial charge < -0.3 is 5.32 Å². The first kappa shape index (κ1) is 14.7. The maximum Gasteiger partial charge on any atom is 0.293 e.